The molecule has 21 heavy (non-hydrogen) atoms. The topological polar surface area (TPSA) is 35.5 Å². The zero-order chi connectivity index (χ0) is 15.4. The molecule has 0 amide bonds. The van der Waals surface area contributed by atoms with Gasteiger partial charge >= 0.3 is 0 Å². The van der Waals surface area contributed by atoms with Crippen LogP contribution in [0.1, 0.15) is 45.2 Å². The molecule has 0 aromatic heterocycles. The molecule has 0 aliphatic carbocycles. The van der Waals surface area contributed by atoms with Crippen molar-refractivity contribution in [1.82, 2.24) is 10.2 Å². The van der Waals surface area contributed by atoms with Gasteiger partial charge in [0.15, 0.2) is 0 Å². The van der Waals surface area contributed by atoms with Crippen LogP contribution >= 0.6 is 0 Å². The van der Waals surface area contributed by atoms with Gasteiger partial charge in [0.25, 0.3) is 0 Å². The van der Waals surface area contributed by atoms with Gasteiger partial charge in [-0.25, -0.2) is 4.39 Å². The number of halogens is 1. The minimum Gasteiger partial charge on any atom is -0.508 e. The monoisotopic (exact) mass is 294 g/mol. The number of nitrogens with one attached hydrogen (secondary N) is 1. The molecule has 1 heterocycles. The number of likely N-dealkylation sites (tertiary alicyclic amines) is 1. The Bertz CT molecular complexity index is 464. The molecular formula is C17H27FN2O. The molecule has 2 rings (SSSR count). The molecule has 0 radical (unpaired) electrons. The molecule has 0 bridgehead atoms. The van der Waals surface area contributed by atoms with Crippen LogP contribution < -0.4 is 5.32 Å². The number of aromatic hydroxyl groups is 1. The fraction of sp³-hybridized carbons (Fsp3) is 0.647. The van der Waals surface area contributed by atoms with E-state index in [-0.39, 0.29) is 17.6 Å². The first-order chi connectivity index (χ1) is 9.97. The largest absolute Gasteiger partial charge is 0.508 e. The van der Waals surface area contributed by atoms with Gasteiger partial charge in [-0.1, -0.05) is 19.9 Å². The van der Waals surface area contributed by atoms with Crippen molar-refractivity contribution in [2.75, 3.05) is 19.6 Å². The van der Waals surface area contributed by atoms with Gasteiger partial charge in [-0.15, -0.1) is 0 Å². The van der Waals surface area contributed by atoms with Crippen molar-refractivity contribution < 1.29 is 9.50 Å². The number of hydrogen-bond donors (Lipinski definition) is 2. The van der Waals surface area contributed by atoms with Crippen LogP contribution in [0.3, 0.4) is 0 Å². The normalized spacial score (nSPS) is 21.7. The van der Waals surface area contributed by atoms with Crippen molar-refractivity contribution in [2.24, 2.45) is 5.92 Å². The van der Waals surface area contributed by atoms with E-state index in [1.807, 2.05) is 6.92 Å². The second-order valence-electron chi connectivity index (χ2n) is 6.45. The van der Waals surface area contributed by atoms with E-state index in [1.54, 1.807) is 12.1 Å². The molecule has 4 heteroatoms. The summed E-state index contributed by atoms with van der Waals surface area (Å²) in [5.74, 6) is 0.301. The molecule has 2 unspecified atom stereocenters. The van der Waals surface area contributed by atoms with E-state index in [1.165, 1.54) is 12.5 Å². The van der Waals surface area contributed by atoms with E-state index in [4.69, 9.17) is 0 Å². The number of nitrogens with zero attached hydrogens (tertiary/aromatic N) is 1. The summed E-state index contributed by atoms with van der Waals surface area (Å²) >= 11 is 0. The van der Waals surface area contributed by atoms with Crippen molar-refractivity contribution in [3.63, 3.8) is 0 Å². The average molecular weight is 294 g/mol. The SMILES string of the molecule is CC(C)NCC1CCCN(C(C)c2ccc(O)cc2F)C1. The molecular weight excluding hydrogens is 267 g/mol. The highest BCUT2D eigenvalue weighted by molar-refractivity contribution is 5.29. The van der Waals surface area contributed by atoms with E-state index in [0.717, 1.165) is 26.1 Å². The molecule has 3 nitrogen and oxygen atoms in total. The Labute approximate surface area is 127 Å². The van der Waals surface area contributed by atoms with Crippen LogP contribution in [-0.2, 0) is 0 Å². The Morgan fingerprint density at radius 1 is 1.38 bits per heavy atom. The quantitative estimate of drug-likeness (QED) is 0.874. The van der Waals surface area contributed by atoms with E-state index in [9.17, 15) is 9.50 Å². The Morgan fingerprint density at radius 3 is 2.81 bits per heavy atom. The molecule has 1 aromatic carbocycles. The molecule has 2 atom stereocenters. The van der Waals surface area contributed by atoms with E-state index < -0.39 is 0 Å². The fourth-order valence-electron chi connectivity index (χ4n) is 3.07. The van der Waals surface area contributed by atoms with Crippen LogP contribution in [0.5, 0.6) is 5.75 Å². The fourth-order valence-corrected chi connectivity index (χ4v) is 3.07. The van der Waals surface area contributed by atoms with Crippen LogP contribution in [0, 0.1) is 11.7 Å². The standard InChI is InChI=1S/C17H27FN2O/c1-12(2)19-10-14-5-4-8-20(11-14)13(3)16-7-6-15(21)9-17(16)18/h6-7,9,12-14,19,21H,4-5,8,10-11H2,1-3H3. The van der Waals surface area contributed by atoms with Gasteiger partial charge in [-0.3, -0.25) is 4.90 Å². The van der Waals surface area contributed by atoms with Crippen molar-refractivity contribution >= 4 is 0 Å². The zero-order valence-electron chi connectivity index (χ0n) is 13.3. The number of phenols is 1. The molecule has 1 aliphatic heterocycles. The van der Waals surface area contributed by atoms with E-state index in [2.05, 4.69) is 24.1 Å². The van der Waals surface area contributed by atoms with Gasteiger partial charge in [0.1, 0.15) is 11.6 Å². The summed E-state index contributed by atoms with van der Waals surface area (Å²) in [6, 6.07) is 5.02. The Kier molecular flexibility index (Phi) is 5.59. The van der Waals surface area contributed by atoms with Crippen molar-refractivity contribution in [3.05, 3.63) is 29.6 Å². The predicted octanol–water partition coefficient (Wildman–Crippen LogP) is 3.30. The summed E-state index contributed by atoms with van der Waals surface area (Å²) in [6.45, 7) is 9.41. The highest BCUT2D eigenvalue weighted by Gasteiger charge is 2.25. The highest BCUT2D eigenvalue weighted by atomic mass is 19.1. The molecule has 1 saturated heterocycles. The summed E-state index contributed by atoms with van der Waals surface area (Å²) in [4.78, 5) is 2.35. The Hall–Kier alpha value is -1.13. The van der Waals surface area contributed by atoms with Gasteiger partial charge in [0.05, 0.1) is 0 Å². The number of phenolic OH excluding ortho intramolecular Hbond substituents is 1. The summed E-state index contributed by atoms with van der Waals surface area (Å²) in [5.41, 5.74) is 0.672. The average Bonchev–Trinajstić information content (AvgIpc) is 2.45. The smallest absolute Gasteiger partial charge is 0.131 e. The lowest BCUT2D eigenvalue weighted by molar-refractivity contribution is 0.127. The maximum atomic E-state index is 14.0. The molecule has 1 aliphatic rings. The van der Waals surface area contributed by atoms with Crippen molar-refractivity contribution in [3.8, 4) is 5.75 Å². The molecule has 118 valence electrons. The van der Waals surface area contributed by atoms with Crippen LogP contribution in [0.2, 0.25) is 0 Å². The third-order valence-corrected chi connectivity index (χ3v) is 4.35. The Balaban J connectivity index is 1.99. The first kappa shape index (κ1) is 16.2. The first-order valence-electron chi connectivity index (χ1n) is 7.93. The number of benzene rings is 1. The van der Waals surface area contributed by atoms with Gasteiger partial charge in [0.2, 0.25) is 0 Å². The summed E-state index contributed by atoms with van der Waals surface area (Å²) < 4.78 is 14.0. The lowest BCUT2D eigenvalue weighted by atomic mass is 9.95. The second kappa shape index (κ2) is 7.23. The molecule has 1 aromatic rings. The van der Waals surface area contributed by atoms with Crippen LogP contribution in [0.25, 0.3) is 0 Å². The van der Waals surface area contributed by atoms with Crippen molar-refractivity contribution in [2.45, 2.75) is 45.7 Å². The number of hydrogen-bond acceptors (Lipinski definition) is 3. The van der Waals surface area contributed by atoms with E-state index >= 15 is 0 Å². The van der Waals surface area contributed by atoms with Crippen LogP contribution in [-0.4, -0.2) is 35.7 Å². The molecule has 0 spiro atoms. The summed E-state index contributed by atoms with van der Waals surface area (Å²) in [6.07, 6.45) is 2.40. The zero-order valence-corrected chi connectivity index (χ0v) is 13.3. The van der Waals surface area contributed by atoms with Crippen LogP contribution in [0.15, 0.2) is 18.2 Å². The third kappa shape index (κ3) is 4.42. The number of piperidine rings is 1. The van der Waals surface area contributed by atoms with Gasteiger partial charge in [-0.05, 0) is 44.8 Å². The molecule has 0 saturated carbocycles. The summed E-state index contributed by atoms with van der Waals surface area (Å²) in [7, 11) is 0. The maximum absolute atomic E-state index is 14.0. The second-order valence-corrected chi connectivity index (χ2v) is 6.45. The number of rotatable bonds is 5. The van der Waals surface area contributed by atoms with Crippen molar-refractivity contribution in [1.29, 1.82) is 0 Å². The van der Waals surface area contributed by atoms with Crippen LogP contribution in [0.4, 0.5) is 4.39 Å². The Morgan fingerprint density at radius 2 is 2.14 bits per heavy atom. The molecule has 1 fully saturated rings. The van der Waals surface area contributed by atoms with Gasteiger partial charge in [0, 0.05) is 30.3 Å². The maximum Gasteiger partial charge on any atom is 0.131 e. The molecule has 2 N–H and O–H groups in total. The first-order valence-corrected chi connectivity index (χ1v) is 7.93. The highest BCUT2D eigenvalue weighted by Crippen LogP contribution is 2.29. The minimum absolute atomic E-state index is 0.0129. The van der Waals surface area contributed by atoms with Gasteiger partial charge < -0.3 is 10.4 Å². The van der Waals surface area contributed by atoms with Gasteiger partial charge in [-0.2, -0.15) is 0 Å². The minimum atomic E-state index is -0.315. The third-order valence-electron chi connectivity index (χ3n) is 4.35. The van der Waals surface area contributed by atoms with E-state index in [0.29, 0.717) is 17.5 Å². The lowest BCUT2D eigenvalue weighted by Gasteiger charge is -2.37. The lowest BCUT2D eigenvalue weighted by Crippen LogP contribution is -2.42. The summed E-state index contributed by atoms with van der Waals surface area (Å²) in [5, 5.41) is 12.8. The predicted molar refractivity (Wildman–Crippen MR) is 83.9 cm³/mol.